The van der Waals surface area contributed by atoms with Gasteiger partial charge in [0.15, 0.2) is 25.2 Å². The molecular formula is C41H52O56. The van der Waals surface area contributed by atoms with Crippen LogP contribution in [0.4, 0.5) is 0 Å². The van der Waals surface area contributed by atoms with Gasteiger partial charge in [-0.3, -0.25) is 0 Å². The maximum absolute atomic E-state index is 13.8. The zero-order valence-corrected chi connectivity index (χ0v) is 46.7. The highest BCUT2D eigenvalue weighted by Crippen LogP contribution is 2.25. The van der Waals surface area contributed by atoms with Crippen LogP contribution in [-0.2, 0) is 153 Å². The molecule has 0 amide bonds. The molecule has 0 bridgehead atoms. The van der Waals surface area contributed by atoms with Gasteiger partial charge in [-0.25, -0.2) is 76.7 Å². The molecule has 552 valence electrons. The van der Waals surface area contributed by atoms with E-state index in [0.717, 1.165) is 0 Å². The molecule has 0 heterocycles. The molecule has 0 aliphatic rings. The van der Waals surface area contributed by atoms with Crippen LogP contribution < -0.4 is 0 Å². The van der Waals surface area contributed by atoms with Gasteiger partial charge >= 0.3 is 121 Å². The first-order chi connectivity index (χ1) is 44.6. The molecule has 0 aromatic carbocycles. The molecule has 12 unspecified atom stereocenters. The van der Waals surface area contributed by atoms with E-state index < -0.39 is 252 Å². The average molecular weight is 1440 g/mol. The minimum absolute atomic E-state index is 2.36. The molecule has 97 heavy (non-hydrogen) atoms. The van der Waals surface area contributed by atoms with Gasteiger partial charge in [-0.1, -0.05) is 0 Å². The number of rotatable bonds is 40. The molecule has 56 heteroatoms. The Kier molecular flexibility index (Phi) is 36.9. The lowest BCUT2D eigenvalue weighted by molar-refractivity contribution is -0.238. The van der Waals surface area contributed by atoms with E-state index >= 15 is 0 Å². The minimum Gasteiger partial charge on any atom is -0.459 e. The molecule has 24 N–H and O–H groups in total. The largest absolute Gasteiger partial charge is 0.459 e. The van der Waals surface area contributed by atoms with Gasteiger partial charge in [0.05, 0.1) is 0 Å². The molecule has 0 saturated carbocycles. The van der Waals surface area contributed by atoms with E-state index in [0.29, 0.717) is 0 Å². The van der Waals surface area contributed by atoms with Crippen LogP contribution in [0.5, 0.6) is 0 Å². The third-order valence-electron chi connectivity index (χ3n) is 9.29. The maximum Gasteiger partial charge on any atom is 0.389 e. The van der Waals surface area contributed by atoms with Gasteiger partial charge in [0, 0.05) is 0 Å². The SMILES string of the molecule is O=C(OC(O)C(=O)OC(OC(=O)C(O)C(O)O)C(=O)OCC(COC(=O)C(OC(=O)C(O)OC(=O)C(O)O)OC(=O)C(O)C(O)O)(COC(=O)C(OC(=O)C(O)OC(=O)C(O)O)OC(=O)C(O)C(O)O)COC(=O)C(OC(=O)C(O)OC(=O)C(O)O)OC(=O)C(O)C(O)O)C(O)O. The quantitative estimate of drug-likeness (QED) is 0.0154. The Morgan fingerprint density at radius 1 is 0.196 bits per heavy atom. The topological polar surface area (TPSA) is 906 Å². The van der Waals surface area contributed by atoms with Gasteiger partial charge in [-0.15, -0.1) is 0 Å². The summed E-state index contributed by atoms with van der Waals surface area (Å²) >= 11 is 0. The summed E-state index contributed by atoms with van der Waals surface area (Å²) in [5, 5.41) is 225. The molecule has 0 rings (SSSR count). The van der Waals surface area contributed by atoms with Crippen LogP contribution in [0, 0.1) is 5.41 Å². The fourth-order valence-corrected chi connectivity index (χ4v) is 4.62. The molecule has 56 nitrogen and oxygen atoms in total. The fourth-order valence-electron chi connectivity index (χ4n) is 4.62. The second kappa shape index (κ2) is 40.8. The summed E-state index contributed by atoms with van der Waals surface area (Å²) in [6.45, 7) is -9.62. The van der Waals surface area contributed by atoms with Crippen molar-refractivity contribution in [2.45, 2.75) is 125 Å². The number of hydrogen-bond donors (Lipinski definition) is 24. The standard InChI is InChI=1S/C41H52O56/c42-5(9(46)47)17(62)90-37(94-29(74)25(70)86-21(66)13(54)55)33(78)82-1-41(2-83-34(79)38(91-18(63)6(43)10(48)49)95-30(75)26(71)87-22(67)14(56)57,3-84-35(80)39(92-19(64)7(44)11(50)51)96-31(76)27(72)88-23(68)15(58)59)4-85-36(81)40(93-20(65)8(45)12(52)53)97-32(77)28(73)89-24(69)16(60)61/h5-16,25-28,37-40,42-61,70-73H,1-4H2. The van der Waals surface area contributed by atoms with Crippen LogP contribution in [0.1, 0.15) is 0 Å². The van der Waals surface area contributed by atoms with Gasteiger partial charge in [-0.05, 0) is 0 Å². The molecule has 0 saturated heterocycles. The maximum atomic E-state index is 13.8. The fraction of sp³-hybridized carbons (Fsp3) is 0.610. The molecule has 0 spiro atoms. The summed E-state index contributed by atoms with van der Waals surface area (Å²) in [5.41, 5.74) is -3.77. The van der Waals surface area contributed by atoms with E-state index in [1.807, 2.05) is 0 Å². The zero-order chi connectivity index (χ0) is 75.4. The van der Waals surface area contributed by atoms with Crippen LogP contribution in [0.15, 0.2) is 0 Å². The lowest BCUT2D eigenvalue weighted by atomic mass is 9.92. The second-order valence-corrected chi connectivity index (χ2v) is 16.8. The highest BCUT2D eigenvalue weighted by Gasteiger charge is 2.47. The molecule has 0 aromatic rings. The van der Waals surface area contributed by atoms with Crippen molar-refractivity contribution in [2.75, 3.05) is 26.4 Å². The summed E-state index contributed by atoms with van der Waals surface area (Å²) in [4.78, 5) is 203. The Labute approximate surface area is 527 Å². The summed E-state index contributed by atoms with van der Waals surface area (Å²) < 4.78 is 68.0. The predicted octanol–water partition coefficient (Wildman–Crippen LogP) is -22.8. The van der Waals surface area contributed by atoms with E-state index in [1.54, 1.807) is 0 Å². The predicted molar refractivity (Wildman–Crippen MR) is 248 cm³/mol. The van der Waals surface area contributed by atoms with Gasteiger partial charge in [0.1, 0.15) is 31.8 Å². The number of ether oxygens (including phenoxy) is 16. The van der Waals surface area contributed by atoms with Crippen molar-refractivity contribution < 1.29 is 275 Å². The monoisotopic (exact) mass is 1440 g/mol. The molecule has 0 fully saturated rings. The first kappa shape index (κ1) is 87.6. The van der Waals surface area contributed by atoms with Crippen LogP contribution in [0.3, 0.4) is 0 Å². The summed E-state index contributed by atoms with van der Waals surface area (Å²) in [6.07, 6.45) is -68.4. The first-order valence-electron chi connectivity index (χ1n) is 24.1. The van der Waals surface area contributed by atoms with Crippen LogP contribution in [0.25, 0.3) is 0 Å². The Morgan fingerprint density at radius 3 is 0.474 bits per heavy atom. The molecular weight excluding hydrogens is 1390 g/mol. The van der Waals surface area contributed by atoms with Crippen LogP contribution in [0.2, 0.25) is 0 Å². The lowest BCUT2D eigenvalue weighted by Gasteiger charge is -2.33. The van der Waals surface area contributed by atoms with E-state index in [1.165, 1.54) is 0 Å². The average Bonchev–Trinajstić information content (AvgIpc) is 0.869. The number of hydrogen-bond acceptors (Lipinski definition) is 56. The normalized spacial score (nSPS) is 15.8. The highest BCUT2D eigenvalue weighted by molar-refractivity contribution is 5.88. The van der Waals surface area contributed by atoms with Crippen molar-refractivity contribution in [1.82, 2.24) is 0 Å². The molecule has 0 aliphatic heterocycles. The third kappa shape index (κ3) is 30.5. The molecule has 0 aliphatic carbocycles. The van der Waals surface area contributed by atoms with E-state index in [-0.39, 0.29) is 0 Å². The Morgan fingerprint density at radius 2 is 0.340 bits per heavy atom. The summed E-state index contributed by atoms with van der Waals surface area (Å²) in [5.74, 6) is -41.4. The summed E-state index contributed by atoms with van der Waals surface area (Å²) in [7, 11) is 0. The second-order valence-electron chi connectivity index (χ2n) is 16.8. The van der Waals surface area contributed by atoms with Crippen molar-refractivity contribution in [1.29, 1.82) is 0 Å². The number of aliphatic hydroxyl groups is 24. The Bertz CT molecular complexity index is 2380. The molecule has 0 aromatic heterocycles. The van der Waals surface area contributed by atoms with Gasteiger partial charge < -0.3 is 198 Å². The molecule has 0 radical (unpaired) electrons. The Balaban J connectivity index is 9.01. The van der Waals surface area contributed by atoms with Crippen LogP contribution >= 0.6 is 0 Å². The summed E-state index contributed by atoms with van der Waals surface area (Å²) in [6, 6.07) is 0. The molecule has 12 atom stereocenters. The van der Waals surface area contributed by atoms with E-state index in [9.17, 15) is 158 Å². The van der Waals surface area contributed by atoms with Gasteiger partial charge in [0.2, 0.25) is 24.4 Å². The number of carbonyl (C=O) groups excluding carboxylic acids is 16. The van der Waals surface area contributed by atoms with Crippen molar-refractivity contribution in [3.05, 3.63) is 0 Å². The van der Waals surface area contributed by atoms with E-state index in [2.05, 4.69) is 56.8 Å². The minimum atomic E-state index is -3.77. The first-order valence-corrected chi connectivity index (χ1v) is 24.1. The highest BCUT2D eigenvalue weighted by atomic mass is 16.8. The van der Waals surface area contributed by atoms with E-state index in [4.69, 9.17) is 59.8 Å². The van der Waals surface area contributed by atoms with Crippen molar-refractivity contribution in [3.8, 4) is 0 Å². The number of esters is 16. The van der Waals surface area contributed by atoms with Crippen molar-refractivity contribution in [2.24, 2.45) is 5.41 Å². The zero-order valence-electron chi connectivity index (χ0n) is 46.7. The van der Waals surface area contributed by atoms with Gasteiger partial charge in [0.25, 0.3) is 50.3 Å². The van der Waals surface area contributed by atoms with Crippen molar-refractivity contribution in [3.63, 3.8) is 0 Å². The van der Waals surface area contributed by atoms with Crippen molar-refractivity contribution >= 4 is 95.5 Å². The van der Waals surface area contributed by atoms with Crippen LogP contribution in [-0.4, -0.2) is 370 Å². The smallest absolute Gasteiger partial charge is 0.389 e. The lowest BCUT2D eigenvalue weighted by Crippen LogP contribution is -2.50. The van der Waals surface area contributed by atoms with Gasteiger partial charge in [-0.2, -0.15) is 0 Å². The Hall–Kier alpha value is -9.44. The number of carbonyl (C=O) groups is 16. The third-order valence-corrected chi connectivity index (χ3v) is 9.29. The number of aliphatic hydroxyl groups excluding tert-OH is 16.